The normalized spacial score (nSPS) is 11.9. The van der Waals surface area contributed by atoms with E-state index in [-0.39, 0.29) is 12.1 Å². The van der Waals surface area contributed by atoms with Gasteiger partial charge >= 0.3 is 5.97 Å². The maximum Gasteiger partial charge on any atom is 0.308 e. The smallest absolute Gasteiger partial charge is 0.308 e. The van der Waals surface area contributed by atoms with Gasteiger partial charge in [0.2, 0.25) is 0 Å². The average Bonchev–Trinajstić information content (AvgIpc) is 2.28. The predicted octanol–water partition coefficient (Wildman–Crippen LogP) is 1.50. The Balaban J connectivity index is 2.95. The number of nitro groups is 1. The molecular weight excluding hydrogens is 226 g/mol. The van der Waals surface area contributed by atoms with E-state index in [0.29, 0.717) is 11.1 Å². The fraction of sp³-hybridized carbons (Fsp3) is 0.364. The van der Waals surface area contributed by atoms with E-state index >= 15 is 0 Å². The number of ether oxygens (including phenoxy) is 1. The first kappa shape index (κ1) is 13.1. The van der Waals surface area contributed by atoms with Gasteiger partial charge in [0.1, 0.15) is 0 Å². The molecule has 1 atom stereocenters. The standard InChI is InChI=1S/C11H13NO5/c1-7-3-4-8(5-9(7)12(15)16)10(13)6-11(14)17-2/h3-5,10,13H,6H2,1-2H3/t10-/m0/s1. The summed E-state index contributed by atoms with van der Waals surface area (Å²) in [6.45, 7) is 1.61. The second kappa shape index (κ2) is 5.40. The lowest BCUT2D eigenvalue weighted by Gasteiger charge is -2.09. The zero-order valence-corrected chi connectivity index (χ0v) is 9.54. The van der Waals surface area contributed by atoms with Gasteiger partial charge in [-0.25, -0.2) is 0 Å². The van der Waals surface area contributed by atoms with Crippen molar-refractivity contribution in [1.82, 2.24) is 0 Å². The summed E-state index contributed by atoms with van der Waals surface area (Å²) in [7, 11) is 1.21. The van der Waals surface area contributed by atoms with Gasteiger partial charge in [0, 0.05) is 11.6 Å². The van der Waals surface area contributed by atoms with Gasteiger partial charge < -0.3 is 9.84 Å². The first-order valence-electron chi connectivity index (χ1n) is 4.95. The van der Waals surface area contributed by atoms with Crippen LogP contribution in [0, 0.1) is 17.0 Å². The number of aryl methyl sites for hydroxylation is 1. The molecule has 1 aromatic rings. The topological polar surface area (TPSA) is 89.7 Å². The molecule has 0 amide bonds. The first-order valence-corrected chi connectivity index (χ1v) is 4.95. The summed E-state index contributed by atoms with van der Waals surface area (Å²) >= 11 is 0. The van der Waals surface area contributed by atoms with Crippen LogP contribution in [0.5, 0.6) is 0 Å². The van der Waals surface area contributed by atoms with Gasteiger partial charge in [0.15, 0.2) is 0 Å². The van der Waals surface area contributed by atoms with E-state index in [2.05, 4.69) is 4.74 Å². The highest BCUT2D eigenvalue weighted by Crippen LogP contribution is 2.24. The molecule has 1 N–H and O–H groups in total. The Labute approximate surface area is 98.0 Å². The zero-order valence-electron chi connectivity index (χ0n) is 9.54. The van der Waals surface area contributed by atoms with Gasteiger partial charge in [-0.3, -0.25) is 14.9 Å². The van der Waals surface area contributed by atoms with E-state index in [1.54, 1.807) is 13.0 Å². The molecule has 0 bridgehead atoms. The zero-order chi connectivity index (χ0) is 13.0. The maximum absolute atomic E-state index is 11.0. The third-order valence-corrected chi connectivity index (χ3v) is 2.40. The van der Waals surface area contributed by atoms with Crippen molar-refractivity contribution < 1.29 is 19.6 Å². The molecule has 0 radical (unpaired) electrons. The molecule has 0 spiro atoms. The average molecular weight is 239 g/mol. The number of nitrogens with zero attached hydrogens (tertiary/aromatic N) is 1. The molecule has 6 heteroatoms. The number of hydrogen-bond acceptors (Lipinski definition) is 5. The second-order valence-corrected chi connectivity index (χ2v) is 3.60. The van der Waals surface area contributed by atoms with Crippen LogP contribution in [0.2, 0.25) is 0 Å². The number of aliphatic hydroxyl groups is 1. The Morgan fingerprint density at radius 1 is 1.59 bits per heavy atom. The Bertz CT molecular complexity index is 443. The molecule has 0 aliphatic heterocycles. The number of benzene rings is 1. The van der Waals surface area contributed by atoms with E-state index in [1.807, 2.05) is 0 Å². The molecule has 0 unspecified atom stereocenters. The van der Waals surface area contributed by atoms with Crippen molar-refractivity contribution in [2.24, 2.45) is 0 Å². The van der Waals surface area contributed by atoms with Crippen molar-refractivity contribution in [3.05, 3.63) is 39.4 Å². The molecular formula is C11H13NO5. The summed E-state index contributed by atoms with van der Waals surface area (Å²) in [6.07, 6.45) is -1.32. The Morgan fingerprint density at radius 3 is 2.76 bits per heavy atom. The number of carbonyl (C=O) groups excluding carboxylic acids is 1. The number of rotatable bonds is 4. The number of esters is 1. The lowest BCUT2D eigenvalue weighted by Crippen LogP contribution is -2.08. The van der Waals surface area contributed by atoms with Gasteiger partial charge in [0.25, 0.3) is 5.69 Å². The molecule has 6 nitrogen and oxygen atoms in total. The summed E-state index contributed by atoms with van der Waals surface area (Å²) < 4.78 is 4.41. The maximum atomic E-state index is 11.0. The van der Waals surface area contributed by atoms with E-state index < -0.39 is 17.0 Å². The monoisotopic (exact) mass is 239 g/mol. The molecule has 17 heavy (non-hydrogen) atoms. The first-order chi connectivity index (χ1) is 7.95. The van der Waals surface area contributed by atoms with Crippen LogP contribution in [0.15, 0.2) is 18.2 Å². The van der Waals surface area contributed by atoms with Crippen molar-refractivity contribution in [2.45, 2.75) is 19.4 Å². The molecule has 1 rings (SSSR count). The van der Waals surface area contributed by atoms with Crippen LogP contribution in [0.3, 0.4) is 0 Å². The summed E-state index contributed by atoms with van der Waals surface area (Å²) in [5.74, 6) is -0.569. The van der Waals surface area contributed by atoms with Crippen molar-refractivity contribution in [2.75, 3.05) is 7.11 Å². The fourth-order valence-electron chi connectivity index (χ4n) is 1.39. The molecule has 92 valence electrons. The molecule has 1 aromatic carbocycles. The van der Waals surface area contributed by atoms with E-state index in [4.69, 9.17) is 0 Å². The summed E-state index contributed by atoms with van der Waals surface area (Å²) in [6, 6.07) is 4.35. The van der Waals surface area contributed by atoms with Gasteiger partial charge in [0.05, 0.1) is 24.6 Å². The molecule has 0 saturated carbocycles. The van der Waals surface area contributed by atoms with Crippen LogP contribution in [0.25, 0.3) is 0 Å². The minimum atomic E-state index is -1.10. The number of aliphatic hydroxyl groups excluding tert-OH is 1. The third kappa shape index (κ3) is 3.25. The largest absolute Gasteiger partial charge is 0.469 e. The molecule has 0 aromatic heterocycles. The second-order valence-electron chi connectivity index (χ2n) is 3.60. The fourth-order valence-corrected chi connectivity index (χ4v) is 1.39. The lowest BCUT2D eigenvalue weighted by atomic mass is 10.0. The van der Waals surface area contributed by atoms with Crippen molar-refractivity contribution in [3.8, 4) is 0 Å². The van der Waals surface area contributed by atoms with Gasteiger partial charge in [-0.2, -0.15) is 0 Å². The number of carbonyl (C=O) groups is 1. The van der Waals surface area contributed by atoms with E-state index in [9.17, 15) is 20.0 Å². The predicted molar refractivity (Wildman–Crippen MR) is 59.4 cm³/mol. The van der Waals surface area contributed by atoms with Crippen LogP contribution in [-0.2, 0) is 9.53 Å². The Hall–Kier alpha value is -1.95. The van der Waals surface area contributed by atoms with Crippen LogP contribution in [0.1, 0.15) is 23.7 Å². The SMILES string of the molecule is COC(=O)C[C@H](O)c1ccc(C)c([N+](=O)[O-])c1. The van der Waals surface area contributed by atoms with Gasteiger partial charge in [-0.1, -0.05) is 12.1 Å². The van der Waals surface area contributed by atoms with Crippen LogP contribution in [0.4, 0.5) is 5.69 Å². The van der Waals surface area contributed by atoms with Crippen molar-refractivity contribution >= 4 is 11.7 Å². The van der Waals surface area contributed by atoms with E-state index in [1.165, 1.54) is 19.2 Å². The molecule has 0 heterocycles. The Morgan fingerprint density at radius 2 is 2.24 bits per heavy atom. The molecule has 0 aliphatic rings. The Kier molecular flexibility index (Phi) is 4.17. The highest BCUT2D eigenvalue weighted by Gasteiger charge is 2.18. The van der Waals surface area contributed by atoms with Gasteiger partial charge in [-0.05, 0) is 12.5 Å². The van der Waals surface area contributed by atoms with Crippen LogP contribution >= 0.6 is 0 Å². The van der Waals surface area contributed by atoms with Crippen LogP contribution < -0.4 is 0 Å². The molecule has 0 aliphatic carbocycles. The summed E-state index contributed by atoms with van der Waals surface area (Å²) in [4.78, 5) is 21.1. The minimum absolute atomic E-state index is 0.0774. The number of nitro benzene ring substituents is 1. The van der Waals surface area contributed by atoms with Crippen LogP contribution in [-0.4, -0.2) is 23.1 Å². The summed E-state index contributed by atoms with van der Waals surface area (Å²) in [5, 5.41) is 20.4. The lowest BCUT2D eigenvalue weighted by molar-refractivity contribution is -0.385. The summed E-state index contributed by atoms with van der Waals surface area (Å²) in [5.41, 5.74) is 0.753. The van der Waals surface area contributed by atoms with Gasteiger partial charge in [-0.15, -0.1) is 0 Å². The van der Waals surface area contributed by atoms with E-state index in [0.717, 1.165) is 0 Å². The van der Waals surface area contributed by atoms with Crippen molar-refractivity contribution in [1.29, 1.82) is 0 Å². The third-order valence-electron chi connectivity index (χ3n) is 2.40. The highest BCUT2D eigenvalue weighted by atomic mass is 16.6. The molecule has 0 saturated heterocycles. The van der Waals surface area contributed by atoms with Crippen molar-refractivity contribution in [3.63, 3.8) is 0 Å². The highest BCUT2D eigenvalue weighted by molar-refractivity contribution is 5.70. The quantitative estimate of drug-likeness (QED) is 0.488. The number of methoxy groups -OCH3 is 1. The number of hydrogen-bond donors (Lipinski definition) is 1. The molecule has 0 fully saturated rings. The minimum Gasteiger partial charge on any atom is -0.469 e.